The molecule has 1 fully saturated rings. The molecule has 6 nitrogen and oxygen atoms in total. The molecule has 0 N–H and O–H groups in total. The molecule has 1 amide bonds. The topological polar surface area (TPSA) is 80.5 Å². The number of aromatic nitrogens is 1. The number of rotatable bonds is 2. The molecule has 1 aromatic carbocycles. The minimum Gasteiger partial charge on any atom is -0.361 e. The average Bonchev–Trinajstić information content (AvgIpc) is 2.89. The Balaban J connectivity index is 1.99. The lowest BCUT2D eigenvalue weighted by Gasteiger charge is -2.29. The van der Waals surface area contributed by atoms with Gasteiger partial charge in [-0.1, -0.05) is 35.5 Å². The van der Waals surface area contributed by atoms with Crippen LogP contribution in [0.1, 0.15) is 34.3 Å². The highest BCUT2D eigenvalue weighted by atomic mass is 32.2. The molecule has 1 aliphatic rings. The summed E-state index contributed by atoms with van der Waals surface area (Å²) in [5, 5.41) is 3.77. The molecule has 3 rings (SSSR count). The van der Waals surface area contributed by atoms with Crippen molar-refractivity contribution in [2.75, 3.05) is 18.1 Å². The van der Waals surface area contributed by atoms with Crippen molar-refractivity contribution in [2.24, 2.45) is 0 Å². The summed E-state index contributed by atoms with van der Waals surface area (Å²) >= 11 is 0. The Kier molecular flexibility index (Phi) is 4.21. The van der Waals surface area contributed by atoms with Crippen LogP contribution in [0.5, 0.6) is 0 Å². The molecule has 1 atom stereocenters. The van der Waals surface area contributed by atoms with E-state index < -0.39 is 15.9 Å². The Labute approximate surface area is 135 Å². The zero-order valence-electron chi connectivity index (χ0n) is 12.8. The number of nitrogens with zero attached hydrogens (tertiary/aromatic N) is 2. The second-order valence-corrected chi connectivity index (χ2v) is 7.94. The summed E-state index contributed by atoms with van der Waals surface area (Å²) < 4.78 is 29.4. The maximum Gasteiger partial charge on any atom is 0.276 e. The smallest absolute Gasteiger partial charge is 0.276 e. The largest absolute Gasteiger partial charge is 0.361 e. The zero-order valence-corrected chi connectivity index (χ0v) is 13.6. The van der Waals surface area contributed by atoms with Crippen molar-refractivity contribution in [1.82, 2.24) is 10.1 Å². The minimum atomic E-state index is -3.20. The fraction of sp³-hybridized carbons (Fsp3) is 0.375. The van der Waals surface area contributed by atoms with Crippen LogP contribution in [0.4, 0.5) is 0 Å². The molecule has 0 aliphatic carbocycles. The molecule has 7 heteroatoms. The van der Waals surface area contributed by atoms with E-state index in [-0.39, 0.29) is 23.1 Å². The van der Waals surface area contributed by atoms with E-state index in [0.29, 0.717) is 18.7 Å². The SMILES string of the molecule is Cc1cc(C(=O)N2CCCS(=O)(=O)CC2c2ccccc2)no1. The third kappa shape index (κ3) is 3.44. The molecule has 0 saturated carbocycles. The molecule has 0 bridgehead atoms. The van der Waals surface area contributed by atoms with Crippen molar-refractivity contribution >= 4 is 15.7 Å². The number of carbonyl (C=O) groups excluding carboxylic acids is 1. The second-order valence-electron chi connectivity index (χ2n) is 5.72. The monoisotopic (exact) mass is 334 g/mol. The first-order valence-electron chi connectivity index (χ1n) is 7.46. The van der Waals surface area contributed by atoms with Crippen LogP contribution in [0, 0.1) is 6.92 Å². The minimum absolute atomic E-state index is 0.0699. The molecule has 0 spiro atoms. The second kappa shape index (κ2) is 6.16. The maximum atomic E-state index is 12.8. The summed E-state index contributed by atoms with van der Waals surface area (Å²) in [5.41, 5.74) is 1.02. The van der Waals surface area contributed by atoms with Crippen LogP contribution in [-0.4, -0.2) is 42.4 Å². The van der Waals surface area contributed by atoms with Crippen LogP contribution in [0.15, 0.2) is 40.9 Å². The van der Waals surface area contributed by atoms with E-state index >= 15 is 0 Å². The molecular formula is C16H18N2O4S. The predicted octanol–water partition coefficient (Wildman–Crippen LogP) is 1.99. The van der Waals surface area contributed by atoms with Gasteiger partial charge in [-0.3, -0.25) is 4.79 Å². The van der Waals surface area contributed by atoms with E-state index in [1.807, 2.05) is 30.3 Å². The van der Waals surface area contributed by atoms with Crippen LogP contribution >= 0.6 is 0 Å². The number of hydrogen-bond donors (Lipinski definition) is 0. The van der Waals surface area contributed by atoms with Gasteiger partial charge in [0.25, 0.3) is 5.91 Å². The van der Waals surface area contributed by atoms with Gasteiger partial charge in [0.15, 0.2) is 15.5 Å². The Morgan fingerprint density at radius 2 is 2.04 bits per heavy atom. The summed E-state index contributed by atoms with van der Waals surface area (Å²) in [4.78, 5) is 14.4. The standard InChI is InChI=1S/C16H18N2O4S/c1-12-10-14(17-22-12)16(19)18-8-5-9-23(20,21)11-15(18)13-6-3-2-4-7-13/h2-4,6-7,10,15H,5,8-9,11H2,1H3. The lowest BCUT2D eigenvalue weighted by Crippen LogP contribution is -2.37. The normalized spacial score (nSPS) is 20.9. The van der Waals surface area contributed by atoms with Crippen LogP contribution in [-0.2, 0) is 9.84 Å². The number of carbonyl (C=O) groups is 1. The van der Waals surface area contributed by atoms with Crippen LogP contribution in [0.25, 0.3) is 0 Å². The fourth-order valence-electron chi connectivity index (χ4n) is 2.83. The number of aryl methyl sites for hydroxylation is 1. The summed E-state index contributed by atoms with van der Waals surface area (Å²) in [5.74, 6) is 0.275. The molecule has 1 unspecified atom stereocenters. The van der Waals surface area contributed by atoms with Gasteiger partial charge in [-0.05, 0) is 18.9 Å². The highest BCUT2D eigenvalue weighted by molar-refractivity contribution is 7.91. The van der Waals surface area contributed by atoms with Crippen molar-refractivity contribution in [3.63, 3.8) is 0 Å². The van der Waals surface area contributed by atoms with Crippen molar-refractivity contribution in [3.8, 4) is 0 Å². The zero-order chi connectivity index (χ0) is 16.4. The van der Waals surface area contributed by atoms with Crippen molar-refractivity contribution in [2.45, 2.75) is 19.4 Å². The van der Waals surface area contributed by atoms with E-state index in [1.165, 1.54) is 0 Å². The van der Waals surface area contributed by atoms with E-state index in [1.54, 1.807) is 17.9 Å². The Morgan fingerprint density at radius 1 is 1.30 bits per heavy atom. The highest BCUT2D eigenvalue weighted by Gasteiger charge is 2.34. The van der Waals surface area contributed by atoms with Crippen molar-refractivity contribution in [1.29, 1.82) is 0 Å². The molecule has 122 valence electrons. The van der Waals surface area contributed by atoms with Crippen molar-refractivity contribution < 1.29 is 17.7 Å². The fourth-order valence-corrected chi connectivity index (χ4v) is 4.42. The number of benzene rings is 1. The summed E-state index contributed by atoms with van der Waals surface area (Å²) in [6, 6.07) is 10.3. The first kappa shape index (κ1) is 15.7. The lowest BCUT2D eigenvalue weighted by atomic mass is 10.1. The van der Waals surface area contributed by atoms with Gasteiger partial charge >= 0.3 is 0 Å². The molecule has 2 aromatic rings. The third-order valence-electron chi connectivity index (χ3n) is 3.93. The maximum absolute atomic E-state index is 12.8. The Hall–Kier alpha value is -2.15. The summed E-state index contributed by atoms with van der Waals surface area (Å²) in [6.07, 6.45) is 0.425. The van der Waals surface area contributed by atoms with E-state index in [9.17, 15) is 13.2 Å². The Bertz CT molecular complexity index is 798. The van der Waals surface area contributed by atoms with Gasteiger partial charge in [0.2, 0.25) is 0 Å². The van der Waals surface area contributed by atoms with Gasteiger partial charge in [0.1, 0.15) is 5.76 Å². The Morgan fingerprint density at radius 3 is 2.70 bits per heavy atom. The highest BCUT2D eigenvalue weighted by Crippen LogP contribution is 2.27. The molecule has 1 aromatic heterocycles. The molecule has 0 radical (unpaired) electrons. The van der Waals surface area contributed by atoms with Crippen LogP contribution < -0.4 is 0 Å². The van der Waals surface area contributed by atoms with Crippen LogP contribution in [0.3, 0.4) is 0 Å². The van der Waals surface area contributed by atoms with Crippen LogP contribution in [0.2, 0.25) is 0 Å². The average molecular weight is 334 g/mol. The number of hydrogen-bond acceptors (Lipinski definition) is 5. The number of amides is 1. The molecule has 2 heterocycles. The first-order chi connectivity index (χ1) is 11.0. The lowest BCUT2D eigenvalue weighted by molar-refractivity contribution is 0.0687. The van der Waals surface area contributed by atoms with E-state index in [2.05, 4.69) is 5.16 Å². The van der Waals surface area contributed by atoms with Gasteiger partial charge in [0, 0.05) is 12.6 Å². The third-order valence-corrected chi connectivity index (χ3v) is 5.67. The first-order valence-corrected chi connectivity index (χ1v) is 9.28. The molecule has 1 aliphatic heterocycles. The quantitative estimate of drug-likeness (QED) is 0.839. The summed E-state index contributed by atoms with van der Waals surface area (Å²) in [7, 11) is -3.20. The molecule has 23 heavy (non-hydrogen) atoms. The van der Waals surface area contributed by atoms with Gasteiger partial charge in [0.05, 0.1) is 17.5 Å². The number of sulfone groups is 1. The van der Waals surface area contributed by atoms with E-state index in [4.69, 9.17) is 4.52 Å². The van der Waals surface area contributed by atoms with Gasteiger partial charge in [-0.2, -0.15) is 0 Å². The predicted molar refractivity (Wildman–Crippen MR) is 84.7 cm³/mol. The van der Waals surface area contributed by atoms with Gasteiger partial charge in [-0.15, -0.1) is 0 Å². The molecular weight excluding hydrogens is 316 g/mol. The van der Waals surface area contributed by atoms with Gasteiger partial charge in [-0.25, -0.2) is 8.42 Å². The molecule has 1 saturated heterocycles. The summed E-state index contributed by atoms with van der Waals surface area (Å²) in [6.45, 7) is 2.09. The van der Waals surface area contributed by atoms with Gasteiger partial charge < -0.3 is 9.42 Å². The van der Waals surface area contributed by atoms with Crippen molar-refractivity contribution in [3.05, 3.63) is 53.4 Å². The van der Waals surface area contributed by atoms with E-state index in [0.717, 1.165) is 5.56 Å².